The SMILES string of the molecule is CCNC(=O)CCn1c(O)cc(=O)[nH]c1=O. The molecule has 88 valence electrons. The lowest BCUT2D eigenvalue weighted by Gasteiger charge is -2.06. The number of hydrogen-bond donors (Lipinski definition) is 3. The van der Waals surface area contributed by atoms with E-state index in [0.29, 0.717) is 6.54 Å². The van der Waals surface area contributed by atoms with Crippen LogP contribution in [0.5, 0.6) is 5.88 Å². The normalized spacial score (nSPS) is 10.1. The Morgan fingerprint density at radius 2 is 2.25 bits per heavy atom. The summed E-state index contributed by atoms with van der Waals surface area (Å²) in [5.74, 6) is -0.668. The molecule has 7 nitrogen and oxygen atoms in total. The number of amides is 1. The zero-order valence-electron chi connectivity index (χ0n) is 8.82. The van der Waals surface area contributed by atoms with Crippen molar-refractivity contribution in [2.24, 2.45) is 0 Å². The van der Waals surface area contributed by atoms with Crippen molar-refractivity contribution >= 4 is 5.91 Å². The van der Waals surface area contributed by atoms with Crippen molar-refractivity contribution in [1.29, 1.82) is 0 Å². The molecule has 0 aliphatic heterocycles. The zero-order valence-corrected chi connectivity index (χ0v) is 8.82. The predicted octanol–water partition coefficient (Wildman–Crippen LogP) is -1.23. The summed E-state index contributed by atoms with van der Waals surface area (Å²) in [5.41, 5.74) is -1.40. The summed E-state index contributed by atoms with van der Waals surface area (Å²) in [6, 6.07) is 0.888. The Hall–Kier alpha value is -2.05. The Bertz CT molecular complexity index is 488. The van der Waals surface area contributed by atoms with Crippen molar-refractivity contribution < 1.29 is 9.90 Å². The molecule has 0 spiro atoms. The Labute approximate surface area is 90.7 Å². The van der Waals surface area contributed by atoms with Crippen LogP contribution in [0.1, 0.15) is 13.3 Å². The molecule has 1 rings (SSSR count). The summed E-state index contributed by atoms with van der Waals surface area (Å²) in [5, 5.41) is 11.9. The first-order chi connectivity index (χ1) is 7.54. The molecule has 1 heterocycles. The van der Waals surface area contributed by atoms with Gasteiger partial charge in [0.05, 0.1) is 6.07 Å². The fourth-order valence-electron chi connectivity index (χ4n) is 1.22. The summed E-state index contributed by atoms with van der Waals surface area (Å²) in [6.07, 6.45) is 0.0628. The molecule has 0 radical (unpaired) electrons. The van der Waals surface area contributed by atoms with Gasteiger partial charge in [-0.25, -0.2) is 4.79 Å². The van der Waals surface area contributed by atoms with E-state index >= 15 is 0 Å². The van der Waals surface area contributed by atoms with Crippen LogP contribution in [0.2, 0.25) is 0 Å². The van der Waals surface area contributed by atoms with E-state index in [1.54, 1.807) is 6.92 Å². The summed E-state index contributed by atoms with van der Waals surface area (Å²) in [4.78, 5) is 35.2. The molecule has 0 aliphatic carbocycles. The number of nitrogens with one attached hydrogen (secondary N) is 2. The zero-order chi connectivity index (χ0) is 12.1. The first-order valence-electron chi connectivity index (χ1n) is 4.84. The van der Waals surface area contributed by atoms with Crippen LogP contribution in [0.25, 0.3) is 0 Å². The molecule has 0 aliphatic rings. The van der Waals surface area contributed by atoms with Gasteiger partial charge < -0.3 is 10.4 Å². The number of aromatic amines is 1. The minimum Gasteiger partial charge on any atom is -0.494 e. The highest BCUT2D eigenvalue weighted by atomic mass is 16.3. The van der Waals surface area contributed by atoms with Gasteiger partial charge in [0.25, 0.3) is 5.56 Å². The highest BCUT2D eigenvalue weighted by molar-refractivity contribution is 5.75. The Kier molecular flexibility index (Phi) is 3.87. The van der Waals surface area contributed by atoms with Gasteiger partial charge in [0.1, 0.15) is 0 Å². The number of rotatable bonds is 4. The molecular weight excluding hydrogens is 214 g/mol. The third kappa shape index (κ3) is 2.97. The number of nitrogens with zero attached hydrogens (tertiary/aromatic N) is 1. The van der Waals surface area contributed by atoms with Gasteiger partial charge in [0.15, 0.2) is 0 Å². The molecule has 0 saturated carbocycles. The van der Waals surface area contributed by atoms with Crippen molar-refractivity contribution in [3.63, 3.8) is 0 Å². The van der Waals surface area contributed by atoms with E-state index in [1.165, 1.54) is 0 Å². The maximum Gasteiger partial charge on any atom is 0.331 e. The summed E-state index contributed by atoms with van der Waals surface area (Å²) < 4.78 is 0.927. The molecule has 0 unspecified atom stereocenters. The van der Waals surface area contributed by atoms with E-state index < -0.39 is 17.1 Å². The lowest BCUT2D eigenvalue weighted by Crippen LogP contribution is -2.31. The molecule has 1 aromatic heterocycles. The fraction of sp³-hybridized carbons (Fsp3) is 0.444. The van der Waals surface area contributed by atoms with Gasteiger partial charge in [-0.15, -0.1) is 0 Å². The van der Waals surface area contributed by atoms with Crippen LogP contribution in [-0.4, -0.2) is 27.1 Å². The van der Waals surface area contributed by atoms with E-state index in [1.807, 2.05) is 4.98 Å². The van der Waals surface area contributed by atoms with Crippen molar-refractivity contribution in [3.05, 3.63) is 26.9 Å². The standard InChI is InChI=1S/C9H13N3O4/c1-2-10-6(13)3-4-12-8(15)5-7(14)11-9(12)16/h5,15H,2-4H2,1H3,(H,10,13)(H,11,14,16). The van der Waals surface area contributed by atoms with Gasteiger partial charge in [0, 0.05) is 19.5 Å². The number of carbonyl (C=O) groups is 1. The number of carbonyl (C=O) groups excluding carboxylic acids is 1. The molecule has 7 heteroatoms. The van der Waals surface area contributed by atoms with Crippen LogP contribution in [-0.2, 0) is 11.3 Å². The average molecular weight is 227 g/mol. The fourth-order valence-corrected chi connectivity index (χ4v) is 1.22. The second-order valence-corrected chi connectivity index (χ2v) is 3.15. The molecule has 3 N–H and O–H groups in total. The highest BCUT2D eigenvalue weighted by Crippen LogP contribution is 2.00. The van der Waals surface area contributed by atoms with Crippen LogP contribution in [0.4, 0.5) is 0 Å². The van der Waals surface area contributed by atoms with Crippen molar-refractivity contribution in [1.82, 2.24) is 14.9 Å². The molecule has 0 aromatic carbocycles. The maximum atomic E-state index is 11.2. The molecule has 1 amide bonds. The number of hydrogen-bond acceptors (Lipinski definition) is 4. The van der Waals surface area contributed by atoms with Crippen molar-refractivity contribution in [3.8, 4) is 5.88 Å². The van der Waals surface area contributed by atoms with Crippen LogP contribution < -0.4 is 16.6 Å². The van der Waals surface area contributed by atoms with E-state index in [4.69, 9.17) is 0 Å². The quantitative estimate of drug-likeness (QED) is 0.599. The third-order valence-corrected chi connectivity index (χ3v) is 1.95. The third-order valence-electron chi connectivity index (χ3n) is 1.95. The smallest absolute Gasteiger partial charge is 0.331 e. The van der Waals surface area contributed by atoms with Crippen LogP contribution >= 0.6 is 0 Å². The predicted molar refractivity (Wildman–Crippen MR) is 56.3 cm³/mol. The first kappa shape index (κ1) is 12.0. The second kappa shape index (κ2) is 5.15. The second-order valence-electron chi connectivity index (χ2n) is 3.15. The first-order valence-corrected chi connectivity index (χ1v) is 4.84. The minimum absolute atomic E-state index is 0.0211. The average Bonchev–Trinajstić information content (AvgIpc) is 2.16. The van der Waals surface area contributed by atoms with E-state index in [9.17, 15) is 19.5 Å². The lowest BCUT2D eigenvalue weighted by atomic mass is 10.4. The number of aromatic nitrogens is 2. The summed E-state index contributed by atoms with van der Waals surface area (Å²) in [7, 11) is 0. The van der Waals surface area contributed by atoms with Crippen LogP contribution in [0.15, 0.2) is 15.7 Å². The minimum atomic E-state index is -0.728. The van der Waals surface area contributed by atoms with Crippen LogP contribution in [0, 0.1) is 0 Å². The van der Waals surface area contributed by atoms with Gasteiger partial charge in [-0.1, -0.05) is 0 Å². The summed E-state index contributed by atoms with van der Waals surface area (Å²) in [6.45, 7) is 2.31. The Balaban J connectivity index is 2.79. The van der Waals surface area contributed by atoms with Gasteiger partial charge in [0.2, 0.25) is 11.8 Å². The molecule has 0 fully saturated rings. The molecule has 1 aromatic rings. The van der Waals surface area contributed by atoms with Gasteiger partial charge >= 0.3 is 5.69 Å². The molecule has 16 heavy (non-hydrogen) atoms. The van der Waals surface area contributed by atoms with Gasteiger partial charge in [-0.05, 0) is 6.92 Å². The van der Waals surface area contributed by atoms with Gasteiger partial charge in [-0.3, -0.25) is 19.1 Å². The van der Waals surface area contributed by atoms with Crippen molar-refractivity contribution in [2.45, 2.75) is 19.9 Å². The number of H-pyrrole nitrogens is 1. The molecule has 0 atom stereocenters. The summed E-state index contributed by atoms with van der Waals surface area (Å²) >= 11 is 0. The highest BCUT2D eigenvalue weighted by Gasteiger charge is 2.06. The molecule has 0 saturated heterocycles. The van der Waals surface area contributed by atoms with E-state index in [2.05, 4.69) is 5.32 Å². The topological polar surface area (TPSA) is 104 Å². The molecular formula is C9H13N3O4. The largest absolute Gasteiger partial charge is 0.494 e. The monoisotopic (exact) mass is 227 g/mol. The lowest BCUT2D eigenvalue weighted by molar-refractivity contribution is -0.121. The van der Waals surface area contributed by atoms with E-state index in [-0.39, 0.29) is 18.9 Å². The number of aromatic hydroxyl groups is 1. The van der Waals surface area contributed by atoms with Crippen LogP contribution in [0.3, 0.4) is 0 Å². The molecule has 0 bridgehead atoms. The Morgan fingerprint density at radius 3 is 2.81 bits per heavy atom. The van der Waals surface area contributed by atoms with Crippen molar-refractivity contribution in [2.75, 3.05) is 6.54 Å². The van der Waals surface area contributed by atoms with Gasteiger partial charge in [-0.2, -0.15) is 0 Å². The maximum absolute atomic E-state index is 11.2. The Morgan fingerprint density at radius 1 is 1.56 bits per heavy atom. The van der Waals surface area contributed by atoms with E-state index in [0.717, 1.165) is 10.6 Å².